The first-order chi connectivity index (χ1) is 13.2. The van der Waals surface area contributed by atoms with E-state index in [0.717, 1.165) is 6.08 Å². The van der Waals surface area contributed by atoms with Gasteiger partial charge in [0.15, 0.2) is 23.3 Å². The first kappa shape index (κ1) is 23.3. The summed E-state index contributed by atoms with van der Waals surface area (Å²) in [4.78, 5) is 12.2. The number of benzene rings is 1. The Morgan fingerprint density at radius 1 is 1.14 bits per heavy atom. The monoisotopic (exact) mass is 486 g/mol. The minimum atomic E-state index is -4.64. The number of carbonyl (C=O) groups is 1. The number of halogens is 8. The highest BCUT2D eigenvalue weighted by atomic mass is 79.9. The zero-order valence-electron chi connectivity index (χ0n) is 15.1. The Balaban J connectivity index is 2.19. The zero-order chi connectivity index (χ0) is 22.3. The average Bonchev–Trinajstić information content (AvgIpc) is 3.16. The molecule has 0 amide bonds. The maximum absolute atomic E-state index is 14.0. The topological polar surface area (TPSA) is 26.3 Å². The highest BCUT2D eigenvalue weighted by Crippen LogP contribution is 2.60. The van der Waals surface area contributed by atoms with Crippen LogP contribution in [0, 0.1) is 52.9 Å². The second kappa shape index (κ2) is 8.01. The number of rotatable bonds is 5. The maximum Gasteiger partial charge on any atom is 0.422 e. The summed E-state index contributed by atoms with van der Waals surface area (Å²) >= 11 is 2.38. The molecule has 0 N–H and O–H groups in total. The molecule has 2 nitrogen and oxygen atoms in total. The van der Waals surface area contributed by atoms with E-state index < -0.39 is 81.3 Å². The maximum atomic E-state index is 14.0. The van der Waals surface area contributed by atoms with Crippen LogP contribution in [0.1, 0.15) is 25.0 Å². The van der Waals surface area contributed by atoms with E-state index >= 15 is 0 Å². The van der Waals surface area contributed by atoms with Gasteiger partial charge in [-0.3, -0.25) is 4.79 Å². The molecule has 2 atom stereocenters. The lowest BCUT2D eigenvalue weighted by Gasteiger charge is -2.11. The van der Waals surface area contributed by atoms with E-state index in [1.54, 1.807) is 0 Å². The van der Waals surface area contributed by atoms with E-state index in [4.69, 9.17) is 11.2 Å². The van der Waals surface area contributed by atoms with Crippen molar-refractivity contribution in [3.05, 3.63) is 45.0 Å². The number of hydrogen-bond acceptors (Lipinski definition) is 2. The molecule has 29 heavy (non-hydrogen) atoms. The lowest BCUT2D eigenvalue weighted by atomic mass is 10.1. The Morgan fingerprint density at radius 2 is 1.62 bits per heavy atom. The summed E-state index contributed by atoms with van der Waals surface area (Å²) in [6.07, 6.45) is 0.371. The van der Waals surface area contributed by atoms with Crippen molar-refractivity contribution >= 4 is 21.9 Å². The summed E-state index contributed by atoms with van der Waals surface area (Å²) in [5.41, 5.74) is -3.04. The summed E-state index contributed by atoms with van der Waals surface area (Å²) in [6.45, 7) is 1.88. The molecule has 2 rings (SSSR count). The molecule has 1 aliphatic rings. The number of ether oxygens (including phenoxy) is 1. The molecule has 0 radical (unpaired) electrons. The molecule has 0 bridgehead atoms. The van der Waals surface area contributed by atoms with Crippen molar-refractivity contribution in [1.29, 1.82) is 0 Å². The lowest BCUT2D eigenvalue weighted by molar-refractivity contribution is -0.147. The Hall–Kier alpha value is -2.02. The van der Waals surface area contributed by atoms with Crippen molar-refractivity contribution in [3.63, 3.8) is 0 Å². The molecular weight excluding hydrogens is 473 g/mol. The first-order valence-electron chi connectivity index (χ1n) is 8.13. The Labute approximate surface area is 170 Å². The first-order valence-corrected chi connectivity index (χ1v) is 8.92. The largest absolute Gasteiger partial charge is 0.460 e. The third-order valence-corrected chi connectivity index (χ3v) is 5.56. The van der Waals surface area contributed by atoms with Gasteiger partial charge in [-0.25, -0.2) is 17.6 Å². The summed E-state index contributed by atoms with van der Waals surface area (Å²) in [6, 6.07) is 0. The normalized spacial score (nSPS) is 20.9. The van der Waals surface area contributed by atoms with Crippen molar-refractivity contribution < 1.29 is 40.3 Å². The molecule has 0 unspecified atom stereocenters. The van der Waals surface area contributed by atoms with Crippen LogP contribution in [0.2, 0.25) is 0 Å². The molecule has 0 heterocycles. The number of terminal acetylenes is 1. The van der Waals surface area contributed by atoms with Crippen LogP contribution in [0.15, 0.2) is 10.6 Å². The third kappa shape index (κ3) is 4.44. The molecule has 0 aromatic heterocycles. The van der Waals surface area contributed by atoms with Gasteiger partial charge in [0.25, 0.3) is 0 Å². The molecule has 158 valence electrons. The van der Waals surface area contributed by atoms with Gasteiger partial charge in [-0.15, -0.1) is 12.3 Å². The molecule has 0 saturated heterocycles. The molecule has 1 aromatic rings. The zero-order valence-corrected chi connectivity index (χ0v) is 16.6. The predicted octanol–water partition coefficient (Wildman–Crippen LogP) is 5.58. The van der Waals surface area contributed by atoms with E-state index in [2.05, 4.69) is 15.9 Å². The number of carbonyl (C=O) groups excluding carboxylic acids is 1. The average molecular weight is 487 g/mol. The van der Waals surface area contributed by atoms with Crippen LogP contribution in [0.25, 0.3) is 0 Å². The van der Waals surface area contributed by atoms with E-state index in [-0.39, 0.29) is 0 Å². The summed E-state index contributed by atoms with van der Waals surface area (Å²) < 4.78 is 97.4. The van der Waals surface area contributed by atoms with Crippen LogP contribution >= 0.6 is 15.9 Å². The van der Waals surface area contributed by atoms with Gasteiger partial charge in [0.05, 0.1) is 16.0 Å². The van der Waals surface area contributed by atoms with Gasteiger partial charge in [-0.05, 0) is 27.3 Å². The number of allylic oxidation sites excluding steroid dienone is 2. The minimum Gasteiger partial charge on any atom is -0.460 e. The van der Waals surface area contributed by atoms with Gasteiger partial charge in [-0.2, -0.15) is 13.2 Å². The van der Waals surface area contributed by atoms with Gasteiger partial charge in [-0.1, -0.05) is 19.9 Å². The van der Waals surface area contributed by atoms with E-state index in [1.807, 2.05) is 5.92 Å². The Morgan fingerprint density at radius 3 is 2.07 bits per heavy atom. The SMILES string of the molecule is C#CCc1c(F)c(F)c(COC(=O)[C@H]2[C@@H](C=C(Br)C(F)(F)F)C2(C)C)c(F)c1F. The fraction of sp³-hybridized carbons (Fsp3) is 0.421. The highest BCUT2D eigenvalue weighted by molar-refractivity contribution is 9.11. The molecule has 1 saturated carbocycles. The molecule has 0 aliphatic heterocycles. The van der Waals surface area contributed by atoms with Gasteiger partial charge in [0.1, 0.15) is 6.61 Å². The fourth-order valence-electron chi connectivity index (χ4n) is 3.03. The molecule has 0 spiro atoms. The van der Waals surface area contributed by atoms with Crippen molar-refractivity contribution in [2.75, 3.05) is 0 Å². The van der Waals surface area contributed by atoms with E-state index in [9.17, 15) is 35.5 Å². The Bertz CT molecular complexity index is 884. The van der Waals surface area contributed by atoms with Crippen LogP contribution in [0.4, 0.5) is 30.7 Å². The van der Waals surface area contributed by atoms with E-state index in [0.29, 0.717) is 0 Å². The third-order valence-electron chi connectivity index (χ3n) is 4.84. The second-order valence-electron chi connectivity index (χ2n) is 7.04. The van der Waals surface area contributed by atoms with Crippen molar-refractivity contribution in [1.82, 2.24) is 0 Å². The van der Waals surface area contributed by atoms with Gasteiger partial charge >= 0.3 is 12.1 Å². The molecule has 1 aliphatic carbocycles. The summed E-state index contributed by atoms with van der Waals surface area (Å²) in [5, 5.41) is 0. The molecule has 10 heteroatoms. The number of hydrogen-bond donors (Lipinski definition) is 0. The smallest absolute Gasteiger partial charge is 0.422 e. The second-order valence-corrected chi connectivity index (χ2v) is 7.89. The van der Waals surface area contributed by atoms with Crippen molar-refractivity contribution in [2.45, 2.75) is 33.1 Å². The van der Waals surface area contributed by atoms with Crippen LogP contribution in [0.3, 0.4) is 0 Å². The van der Waals surface area contributed by atoms with Crippen LogP contribution in [-0.4, -0.2) is 12.1 Å². The van der Waals surface area contributed by atoms with Crippen LogP contribution in [-0.2, 0) is 22.6 Å². The van der Waals surface area contributed by atoms with Gasteiger partial charge in [0.2, 0.25) is 0 Å². The van der Waals surface area contributed by atoms with Crippen LogP contribution in [0.5, 0.6) is 0 Å². The molecule has 1 aromatic carbocycles. The molecule has 1 fully saturated rings. The van der Waals surface area contributed by atoms with Crippen molar-refractivity contribution in [3.8, 4) is 12.3 Å². The number of alkyl halides is 3. The predicted molar refractivity (Wildman–Crippen MR) is 92.4 cm³/mol. The lowest BCUT2D eigenvalue weighted by Crippen LogP contribution is -2.15. The van der Waals surface area contributed by atoms with Crippen LogP contribution < -0.4 is 0 Å². The Kier molecular flexibility index (Phi) is 6.43. The minimum absolute atomic E-state index is 0.691. The standard InChI is InChI=1S/C19H14BrF7O2/c1-4-5-8-13(21)15(23)9(16(24)14(8)22)7-29-17(28)12-10(18(12,2)3)6-11(20)19(25,26)27/h1,6,10,12H,5,7H2,2-3H3/t10-,12-/m1/s1. The highest BCUT2D eigenvalue weighted by Gasteiger charge is 2.62. The van der Waals surface area contributed by atoms with Gasteiger partial charge < -0.3 is 4.74 Å². The van der Waals surface area contributed by atoms with Crippen molar-refractivity contribution in [2.24, 2.45) is 17.3 Å². The van der Waals surface area contributed by atoms with Gasteiger partial charge in [0, 0.05) is 12.0 Å². The molecular formula is C19H14BrF7O2. The quantitative estimate of drug-likeness (QED) is 0.235. The summed E-state index contributed by atoms with van der Waals surface area (Å²) in [7, 11) is 0. The fourth-order valence-corrected chi connectivity index (χ4v) is 3.32. The number of esters is 1. The van der Waals surface area contributed by atoms with E-state index in [1.165, 1.54) is 13.8 Å². The summed E-state index contributed by atoms with van der Waals surface area (Å²) in [5.74, 6) is -7.98.